The van der Waals surface area contributed by atoms with Crippen molar-refractivity contribution in [1.82, 2.24) is 9.88 Å². The number of ketones is 1. The van der Waals surface area contributed by atoms with Gasteiger partial charge in [-0.15, -0.1) is 0 Å². The average Bonchev–Trinajstić information content (AvgIpc) is 3.01. The van der Waals surface area contributed by atoms with Crippen LogP contribution in [0, 0.1) is 29.5 Å². The molecule has 2 amide bonds. The van der Waals surface area contributed by atoms with Crippen molar-refractivity contribution < 1.29 is 27.6 Å². The highest BCUT2D eigenvalue weighted by atomic mass is 35.5. The van der Waals surface area contributed by atoms with Crippen LogP contribution < -0.4 is 10.6 Å². The molecule has 2 aromatic rings. The van der Waals surface area contributed by atoms with Crippen molar-refractivity contribution in [3.8, 4) is 6.07 Å². The van der Waals surface area contributed by atoms with Crippen molar-refractivity contribution in [2.24, 2.45) is 12.5 Å². The van der Waals surface area contributed by atoms with Gasteiger partial charge < -0.3 is 15.2 Å². The maximum atomic E-state index is 13.5. The number of Topliss-reactive ketones (excluding diaryl/α,β-unsaturated/α-hetero) is 1. The van der Waals surface area contributed by atoms with Crippen LogP contribution in [0.4, 0.5) is 18.9 Å². The van der Waals surface area contributed by atoms with Gasteiger partial charge in [-0.05, 0) is 50.1 Å². The van der Waals surface area contributed by atoms with Gasteiger partial charge in [0.2, 0.25) is 0 Å². The maximum absolute atomic E-state index is 13.5. The van der Waals surface area contributed by atoms with Crippen LogP contribution in [0.25, 0.3) is 0 Å². The van der Waals surface area contributed by atoms with Gasteiger partial charge in [-0.3, -0.25) is 14.4 Å². The molecule has 11 heteroatoms. The quantitative estimate of drug-likeness (QED) is 0.422. The largest absolute Gasteiger partial charge is 0.346 e. The fraction of sp³-hybridized carbons (Fsp3) is 0.250. The highest BCUT2D eigenvalue weighted by Gasteiger charge is 2.42. The second-order valence-electron chi connectivity index (χ2n) is 8.17. The topological polar surface area (TPSA) is 104 Å². The molecule has 35 heavy (non-hydrogen) atoms. The molecule has 3 rings (SSSR count). The molecule has 1 fully saturated rings. The van der Waals surface area contributed by atoms with Gasteiger partial charge >= 0.3 is 0 Å². The second kappa shape index (κ2) is 10.2. The Morgan fingerprint density at radius 3 is 2.43 bits per heavy atom. The van der Waals surface area contributed by atoms with Crippen LogP contribution >= 0.6 is 11.6 Å². The summed E-state index contributed by atoms with van der Waals surface area (Å²) in [4.78, 5) is 38.3. The van der Waals surface area contributed by atoms with E-state index in [1.54, 1.807) is 6.07 Å². The van der Waals surface area contributed by atoms with Crippen LogP contribution in [0.3, 0.4) is 0 Å². The summed E-state index contributed by atoms with van der Waals surface area (Å²) in [6.07, 6.45) is 3.36. The van der Waals surface area contributed by atoms with E-state index in [0.717, 1.165) is 12.1 Å². The number of carbonyl (C=O) groups is 3. The van der Waals surface area contributed by atoms with E-state index in [9.17, 15) is 27.6 Å². The van der Waals surface area contributed by atoms with Gasteiger partial charge in [0.05, 0.1) is 28.8 Å². The molecule has 1 heterocycles. The minimum atomic E-state index is -0.977. The summed E-state index contributed by atoms with van der Waals surface area (Å²) >= 11 is 6.33. The van der Waals surface area contributed by atoms with Gasteiger partial charge in [-0.2, -0.15) is 5.26 Å². The molecule has 1 aromatic carbocycles. The van der Waals surface area contributed by atoms with Crippen LogP contribution in [-0.4, -0.2) is 28.2 Å². The Labute approximate surface area is 203 Å². The zero-order valence-corrected chi connectivity index (χ0v) is 19.4. The van der Waals surface area contributed by atoms with E-state index in [-0.39, 0.29) is 46.1 Å². The second-order valence-corrected chi connectivity index (χ2v) is 8.55. The van der Waals surface area contributed by atoms with E-state index in [0.29, 0.717) is 12.7 Å². The van der Waals surface area contributed by atoms with Crippen LogP contribution in [0.15, 0.2) is 43.0 Å². The van der Waals surface area contributed by atoms with Crippen molar-refractivity contribution in [1.29, 1.82) is 5.26 Å². The molecule has 0 bridgehead atoms. The number of amides is 2. The lowest BCUT2D eigenvalue weighted by molar-refractivity contribution is -0.118. The standard InChI is InChI=1S/C24H20ClF3N4O3/c1-13-18(21(33)23(35)31-16-10-24(11-16,5-7-26)6-8-27)19(25)20(32(13)2)22(34)30-15-3-4-17(28)14(9-15)12-29/h3-9,16H,10-11H2,1-2H3,(H,30,34)(H,31,35). The third-order valence-corrected chi connectivity index (χ3v) is 6.37. The number of nitrogens with zero attached hydrogens (tertiary/aromatic N) is 2. The lowest BCUT2D eigenvalue weighted by atomic mass is 9.65. The average molecular weight is 505 g/mol. The SMILES string of the molecule is Cc1c(C(=O)C(=O)NC2CC(C=CF)(C=CF)C2)c(Cl)c(C(=O)Nc2ccc(F)c(C#N)c2)n1C. The maximum Gasteiger partial charge on any atom is 0.292 e. The van der Waals surface area contributed by atoms with Crippen molar-refractivity contribution in [2.75, 3.05) is 5.32 Å². The molecule has 0 radical (unpaired) electrons. The smallest absolute Gasteiger partial charge is 0.292 e. The number of hydrogen-bond acceptors (Lipinski definition) is 4. The lowest BCUT2D eigenvalue weighted by Crippen LogP contribution is -2.51. The Hall–Kier alpha value is -3.84. The Morgan fingerprint density at radius 2 is 1.86 bits per heavy atom. The van der Waals surface area contributed by atoms with E-state index >= 15 is 0 Å². The van der Waals surface area contributed by atoms with Gasteiger partial charge in [0.15, 0.2) is 0 Å². The fourth-order valence-electron chi connectivity index (χ4n) is 4.06. The summed E-state index contributed by atoms with van der Waals surface area (Å²) in [5.41, 5.74) is -1.05. The van der Waals surface area contributed by atoms with Gasteiger partial charge in [-0.25, -0.2) is 13.2 Å². The number of aromatic nitrogens is 1. The summed E-state index contributed by atoms with van der Waals surface area (Å²) in [5, 5.41) is 13.7. The normalized spacial score (nSPS) is 19.4. The molecule has 7 nitrogen and oxygen atoms in total. The number of benzene rings is 1. The number of rotatable bonds is 7. The molecule has 0 saturated heterocycles. The predicted octanol–water partition coefficient (Wildman–Crippen LogP) is 4.66. The zero-order valence-electron chi connectivity index (χ0n) is 18.7. The van der Waals surface area contributed by atoms with Crippen LogP contribution in [0.2, 0.25) is 5.02 Å². The molecule has 2 N–H and O–H groups in total. The molecular formula is C24H20ClF3N4O3. The molecule has 1 aliphatic rings. The minimum absolute atomic E-state index is 0.119. The van der Waals surface area contributed by atoms with E-state index in [4.69, 9.17) is 16.9 Å². The summed E-state index contributed by atoms with van der Waals surface area (Å²) in [6.45, 7) is 1.50. The summed E-state index contributed by atoms with van der Waals surface area (Å²) in [5.74, 6) is -3.44. The third kappa shape index (κ3) is 5.00. The highest BCUT2D eigenvalue weighted by Crippen LogP contribution is 2.44. The van der Waals surface area contributed by atoms with Gasteiger partial charge in [0.1, 0.15) is 17.6 Å². The van der Waals surface area contributed by atoms with E-state index in [2.05, 4.69) is 10.6 Å². The van der Waals surface area contributed by atoms with Crippen LogP contribution in [0.5, 0.6) is 0 Å². The number of nitrogens with one attached hydrogen (secondary N) is 2. The van der Waals surface area contributed by atoms with E-state index in [1.165, 1.54) is 36.8 Å². The minimum Gasteiger partial charge on any atom is -0.346 e. The third-order valence-electron chi connectivity index (χ3n) is 6.00. The fourth-order valence-corrected chi connectivity index (χ4v) is 4.49. The monoisotopic (exact) mass is 504 g/mol. The zero-order chi connectivity index (χ0) is 25.9. The molecule has 0 aliphatic heterocycles. The molecule has 0 spiro atoms. The van der Waals surface area contributed by atoms with Crippen molar-refractivity contribution in [3.63, 3.8) is 0 Å². The van der Waals surface area contributed by atoms with Crippen molar-refractivity contribution in [3.05, 3.63) is 76.4 Å². The first-order valence-corrected chi connectivity index (χ1v) is 10.7. The van der Waals surface area contributed by atoms with Crippen LogP contribution in [0.1, 0.15) is 44.9 Å². The summed E-state index contributed by atoms with van der Waals surface area (Å²) in [7, 11) is 1.48. The lowest BCUT2D eigenvalue weighted by Gasteiger charge is -2.43. The first kappa shape index (κ1) is 25.8. The number of carbonyl (C=O) groups excluding carboxylic acids is 3. The summed E-state index contributed by atoms with van der Waals surface area (Å²) in [6, 6.07) is 4.60. The number of anilines is 1. The van der Waals surface area contributed by atoms with E-state index < -0.39 is 34.9 Å². The predicted molar refractivity (Wildman–Crippen MR) is 123 cm³/mol. The Morgan fingerprint density at radius 1 is 1.23 bits per heavy atom. The molecule has 0 atom stereocenters. The number of halogens is 4. The molecule has 1 aromatic heterocycles. The summed E-state index contributed by atoms with van der Waals surface area (Å²) < 4.78 is 40.1. The molecular weight excluding hydrogens is 485 g/mol. The molecule has 1 aliphatic carbocycles. The number of nitriles is 1. The van der Waals surface area contributed by atoms with Crippen molar-refractivity contribution >= 4 is 34.9 Å². The molecule has 0 unspecified atom stereocenters. The van der Waals surface area contributed by atoms with E-state index in [1.807, 2.05) is 0 Å². The number of allylic oxidation sites excluding steroid dienone is 2. The first-order chi connectivity index (χ1) is 16.6. The Bertz CT molecular complexity index is 1290. The Kier molecular flexibility index (Phi) is 7.51. The van der Waals surface area contributed by atoms with Crippen LogP contribution in [-0.2, 0) is 11.8 Å². The van der Waals surface area contributed by atoms with Crippen molar-refractivity contribution in [2.45, 2.75) is 25.8 Å². The van der Waals surface area contributed by atoms with Gasteiger partial charge in [0, 0.05) is 29.9 Å². The number of hydrogen-bond donors (Lipinski definition) is 2. The van der Waals surface area contributed by atoms with Gasteiger partial charge in [0.25, 0.3) is 17.6 Å². The Balaban J connectivity index is 1.78. The first-order valence-electron chi connectivity index (χ1n) is 10.3. The molecule has 1 saturated carbocycles. The molecule has 182 valence electrons. The van der Waals surface area contributed by atoms with Gasteiger partial charge in [-0.1, -0.05) is 11.6 Å². The highest BCUT2D eigenvalue weighted by molar-refractivity contribution is 6.48.